The summed E-state index contributed by atoms with van der Waals surface area (Å²) in [7, 11) is 1.65. The molecule has 1 N–H and O–H groups in total. The number of hydrogen-bond acceptors (Lipinski definition) is 5. The maximum absolute atomic E-state index is 11.9. The molecule has 3 aromatic rings. The minimum absolute atomic E-state index is 0.0326. The number of benzene rings is 2. The smallest absolute Gasteiger partial charge is 0.306 e. The number of fused-ring (bicyclic) bond motifs is 1. The number of likely N-dealkylation sites (tertiary alicyclic amines) is 1. The van der Waals surface area contributed by atoms with E-state index in [1.54, 1.807) is 7.11 Å². The molecule has 0 bridgehead atoms. The zero-order valence-corrected chi connectivity index (χ0v) is 23.8. The number of carbonyl (C=O) groups is 1. The fourth-order valence-corrected chi connectivity index (χ4v) is 6.77. The zero-order chi connectivity index (χ0) is 27.8. The second-order valence-corrected chi connectivity index (χ2v) is 12.0. The first kappa shape index (κ1) is 26.8. The fourth-order valence-electron chi connectivity index (χ4n) is 6.77. The lowest BCUT2D eigenvalue weighted by Gasteiger charge is -2.30. The standard InChI is InChI=1S/C34H40N2O4/c1-21-5-4-16-36(21)20-28-17-26(10-12-29(28)25-14-15-35-32(19-25)39-3)30-13-11-23-6-9-27(18-31(23)40-30)33(24-7-8-24)22(2)34(37)38/h6,9-10,12,14-15,17-19,21-22,24,30,33H,4-5,7-8,11,13,16,20H2,1-3H3,(H,37,38)/t21-,22+,30+,33?/m1/s1. The van der Waals surface area contributed by atoms with Gasteiger partial charge in [-0.2, -0.15) is 0 Å². The van der Waals surface area contributed by atoms with Gasteiger partial charge in [-0.05, 0) is 109 Å². The Morgan fingerprint density at radius 3 is 2.70 bits per heavy atom. The minimum Gasteiger partial charge on any atom is -0.485 e. The van der Waals surface area contributed by atoms with Crippen LogP contribution in [0.25, 0.3) is 11.1 Å². The Balaban J connectivity index is 1.30. The third-order valence-electron chi connectivity index (χ3n) is 9.30. The molecule has 1 saturated carbocycles. The summed E-state index contributed by atoms with van der Waals surface area (Å²) in [5, 5.41) is 9.75. The molecule has 0 radical (unpaired) electrons. The molecule has 2 aromatic carbocycles. The molecule has 2 fully saturated rings. The number of pyridine rings is 1. The van der Waals surface area contributed by atoms with Crippen LogP contribution in [0.15, 0.2) is 54.7 Å². The molecule has 6 heteroatoms. The topological polar surface area (TPSA) is 71.9 Å². The minimum atomic E-state index is -0.722. The highest BCUT2D eigenvalue weighted by molar-refractivity contribution is 5.71. The second kappa shape index (κ2) is 11.2. The Labute approximate surface area is 237 Å². The third kappa shape index (κ3) is 5.46. The maximum atomic E-state index is 11.9. The van der Waals surface area contributed by atoms with E-state index >= 15 is 0 Å². The van der Waals surface area contributed by atoms with Gasteiger partial charge in [-0.25, -0.2) is 4.98 Å². The van der Waals surface area contributed by atoms with E-state index < -0.39 is 11.9 Å². The maximum Gasteiger partial charge on any atom is 0.306 e. The van der Waals surface area contributed by atoms with Crippen LogP contribution in [0.5, 0.6) is 11.6 Å². The summed E-state index contributed by atoms with van der Waals surface area (Å²) < 4.78 is 12.1. The molecule has 4 atom stereocenters. The summed E-state index contributed by atoms with van der Waals surface area (Å²) in [6.45, 7) is 6.19. The second-order valence-electron chi connectivity index (χ2n) is 12.0. The number of carboxylic acids is 1. The molecule has 1 unspecified atom stereocenters. The van der Waals surface area contributed by atoms with E-state index in [0.717, 1.165) is 55.6 Å². The van der Waals surface area contributed by atoms with Gasteiger partial charge >= 0.3 is 5.97 Å². The molecule has 2 aliphatic heterocycles. The van der Waals surface area contributed by atoms with Crippen LogP contribution in [0, 0.1) is 11.8 Å². The number of aliphatic carboxylic acids is 1. The Hall–Kier alpha value is -3.38. The molecule has 0 spiro atoms. The summed E-state index contributed by atoms with van der Waals surface area (Å²) in [6.07, 6.45) is 8.35. The van der Waals surface area contributed by atoms with Crippen molar-refractivity contribution in [2.45, 2.75) is 77.0 Å². The summed E-state index contributed by atoms with van der Waals surface area (Å²) in [5.74, 6) is 0.900. The van der Waals surface area contributed by atoms with Crippen molar-refractivity contribution < 1.29 is 19.4 Å². The predicted octanol–water partition coefficient (Wildman–Crippen LogP) is 7.02. The molecule has 6 nitrogen and oxygen atoms in total. The number of hydrogen-bond donors (Lipinski definition) is 1. The van der Waals surface area contributed by atoms with Gasteiger partial charge in [-0.15, -0.1) is 0 Å². The van der Waals surface area contributed by atoms with Crippen molar-refractivity contribution >= 4 is 5.97 Å². The van der Waals surface area contributed by atoms with Gasteiger partial charge in [-0.1, -0.05) is 37.3 Å². The molecule has 1 aliphatic carbocycles. The zero-order valence-electron chi connectivity index (χ0n) is 23.8. The molecule has 3 aliphatic rings. The highest BCUT2D eigenvalue weighted by Gasteiger charge is 2.39. The number of carboxylic acid groups (broad SMARTS) is 1. The fraction of sp³-hybridized carbons (Fsp3) is 0.471. The largest absolute Gasteiger partial charge is 0.485 e. The van der Waals surface area contributed by atoms with Crippen molar-refractivity contribution in [3.05, 3.63) is 77.0 Å². The van der Waals surface area contributed by atoms with Crippen LogP contribution in [-0.4, -0.2) is 40.7 Å². The van der Waals surface area contributed by atoms with E-state index in [4.69, 9.17) is 9.47 Å². The van der Waals surface area contributed by atoms with Crippen LogP contribution < -0.4 is 9.47 Å². The van der Waals surface area contributed by atoms with Crippen molar-refractivity contribution in [3.63, 3.8) is 0 Å². The lowest BCUT2D eigenvalue weighted by atomic mass is 9.82. The van der Waals surface area contributed by atoms with Crippen molar-refractivity contribution in [3.8, 4) is 22.8 Å². The number of aromatic nitrogens is 1. The summed E-state index contributed by atoms with van der Waals surface area (Å²) in [4.78, 5) is 18.8. The molecule has 6 rings (SSSR count). The first-order valence-electron chi connectivity index (χ1n) is 14.8. The van der Waals surface area contributed by atoms with E-state index in [0.29, 0.717) is 17.8 Å². The monoisotopic (exact) mass is 540 g/mol. The third-order valence-corrected chi connectivity index (χ3v) is 9.30. The van der Waals surface area contributed by atoms with E-state index in [-0.39, 0.29) is 12.0 Å². The quantitative estimate of drug-likeness (QED) is 0.314. The average molecular weight is 541 g/mol. The van der Waals surface area contributed by atoms with Gasteiger partial charge < -0.3 is 14.6 Å². The average Bonchev–Trinajstić information content (AvgIpc) is 3.73. The van der Waals surface area contributed by atoms with E-state index in [1.165, 1.54) is 35.1 Å². The molecule has 210 valence electrons. The van der Waals surface area contributed by atoms with Crippen LogP contribution in [0.4, 0.5) is 0 Å². The van der Waals surface area contributed by atoms with Gasteiger partial charge in [0.25, 0.3) is 0 Å². The normalized spacial score (nSPS) is 22.3. The van der Waals surface area contributed by atoms with Gasteiger partial charge in [0.2, 0.25) is 5.88 Å². The van der Waals surface area contributed by atoms with Gasteiger partial charge in [0, 0.05) is 24.8 Å². The van der Waals surface area contributed by atoms with Crippen molar-refractivity contribution in [1.29, 1.82) is 0 Å². The van der Waals surface area contributed by atoms with E-state index in [9.17, 15) is 9.90 Å². The summed E-state index contributed by atoms with van der Waals surface area (Å²) in [6, 6.07) is 17.8. The molecular weight excluding hydrogens is 500 g/mol. The van der Waals surface area contributed by atoms with Crippen molar-refractivity contribution in [2.24, 2.45) is 11.8 Å². The number of methoxy groups -OCH3 is 1. The lowest BCUT2D eigenvalue weighted by molar-refractivity contribution is -0.142. The highest BCUT2D eigenvalue weighted by Crippen LogP contribution is 2.48. The Kier molecular flexibility index (Phi) is 7.54. The summed E-state index contributed by atoms with van der Waals surface area (Å²) >= 11 is 0. The predicted molar refractivity (Wildman–Crippen MR) is 156 cm³/mol. The Bertz CT molecular complexity index is 1380. The van der Waals surface area contributed by atoms with Gasteiger partial charge in [0.15, 0.2) is 0 Å². The van der Waals surface area contributed by atoms with Crippen molar-refractivity contribution in [1.82, 2.24) is 9.88 Å². The molecule has 0 amide bonds. The first-order valence-corrected chi connectivity index (χ1v) is 14.8. The van der Waals surface area contributed by atoms with Gasteiger partial charge in [0.1, 0.15) is 11.9 Å². The van der Waals surface area contributed by atoms with Gasteiger partial charge in [0.05, 0.1) is 13.0 Å². The van der Waals surface area contributed by atoms with Crippen LogP contribution in [0.3, 0.4) is 0 Å². The summed E-state index contributed by atoms with van der Waals surface area (Å²) in [5.41, 5.74) is 7.12. The van der Waals surface area contributed by atoms with Crippen molar-refractivity contribution in [2.75, 3.05) is 13.7 Å². The Morgan fingerprint density at radius 1 is 1.12 bits per heavy atom. The lowest BCUT2D eigenvalue weighted by Crippen LogP contribution is -2.26. The van der Waals surface area contributed by atoms with Gasteiger partial charge in [-0.3, -0.25) is 9.69 Å². The SMILES string of the molecule is COc1cc(-c2ccc([C@@H]3CCc4ccc(C(C5CC5)[C@H](C)C(=O)O)cc4O3)cc2CN2CCC[C@H]2C)ccn1. The highest BCUT2D eigenvalue weighted by atomic mass is 16.5. The van der Waals surface area contributed by atoms with Crippen LogP contribution in [0.1, 0.15) is 80.2 Å². The number of nitrogens with zero attached hydrogens (tertiary/aromatic N) is 2. The van der Waals surface area contributed by atoms with E-state index in [1.807, 2.05) is 19.2 Å². The number of rotatable bonds is 9. The van der Waals surface area contributed by atoms with Crippen LogP contribution in [0.2, 0.25) is 0 Å². The van der Waals surface area contributed by atoms with Crippen LogP contribution >= 0.6 is 0 Å². The number of ether oxygens (including phenoxy) is 2. The van der Waals surface area contributed by atoms with Crippen LogP contribution in [-0.2, 0) is 17.8 Å². The van der Waals surface area contributed by atoms with E-state index in [2.05, 4.69) is 59.3 Å². The molecule has 1 aromatic heterocycles. The molecule has 1 saturated heterocycles. The number of aryl methyl sites for hydroxylation is 1. The molecule has 40 heavy (non-hydrogen) atoms. The first-order chi connectivity index (χ1) is 19.4. The molecular formula is C34H40N2O4. The molecule has 3 heterocycles. The Morgan fingerprint density at radius 2 is 1.98 bits per heavy atom.